The molecule has 0 saturated carbocycles. The quantitative estimate of drug-likeness (QED) is 0.517. The number of amidine groups is 1. The molecule has 24 heavy (non-hydrogen) atoms. The highest BCUT2D eigenvalue weighted by atomic mass is 16.5. The van der Waals surface area contributed by atoms with Gasteiger partial charge in [-0.3, -0.25) is 9.79 Å². The number of guanidine groups is 1. The van der Waals surface area contributed by atoms with Crippen molar-refractivity contribution in [3.63, 3.8) is 0 Å². The van der Waals surface area contributed by atoms with Crippen LogP contribution in [0.25, 0.3) is 0 Å². The Bertz CT molecular complexity index is 581. The number of nitrogens with zero attached hydrogens (tertiary/aromatic N) is 3. The SMILES string of the molecule is CCOC(=O)CN=C(C)N=C(Nc1ccccc1)N1CCOCC1. The molecule has 0 unspecified atom stereocenters. The van der Waals surface area contributed by atoms with Crippen LogP contribution in [0.3, 0.4) is 0 Å². The number of morpholine rings is 1. The number of benzene rings is 1. The topological polar surface area (TPSA) is 75.5 Å². The van der Waals surface area contributed by atoms with Crippen molar-refractivity contribution in [1.82, 2.24) is 4.90 Å². The van der Waals surface area contributed by atoms with Crippen LogP contribution in [0.4, 0.5) is 5.69 Å². The van der Waals surface area contributed by atoms with E-state index in [4.69, 9.17) is 9.47 Å². The molecule has 0 aromatic heterocycles. The summed E-state index contributed by atoms with van der Waals surface area (Å²) in [7, 11) is 0. The number of para-hydroxylation sites is 1. The minimum Gasteiger partial charge on any atom is -0.465 e. The fourth-order valence-corrected chi connectivity index (χ4v) is 2.18. The summed E-state index contributed by atoms with van der Waals surface area (Å²) in [6.07, 6.45) is 0. The Morgan fingerprint density at radius 3 is 2.67 bits per heavy atom. The number of aliphatic imine (C=N–C) groups is 2. The van der Waals surface area contributed by atoms with Gasteiger partial charge in [-0.2, -0.15) is 0 Å². The zero-order valence-corrected chi connectivity index (χ0v) is 14.2. The molecule has 0 atom stereocenters. The van der Waals surface area contributed by atoms with Crippen molar-refractivity contribution < 1.29 is 14.3 Å². The normalized spacial score (nSPS) is 16.0. The zero-order valence-electron chi connectivity index (χ0n) is 14.2. The fourth-order valence-electron chi connectivity index (χ4n) is 2.18. The molecule has 1 aliphatic rings. The zero-order chi connectivity index (χ0) is 17.2. The number of nitrogens with one attached hydrogen (secondary N) is 1. The third-order valence-electron chi connectivity index (χ3n) is 3.35. The number of hydrogen-bond acceptors (Lipinski definition) is 4. The van der Waals surface area contributed by atoms with E-state index in [1.54, 1.807) is 13.8 Å². The highest BCUT2D eigenvalue weighted by molar-refractivity contribution is 6.02. The van der Waals surface area contributed by atoms with Crippen molar-refractivity contribution in [2.75, 3.05) is 44.8 Å². The number of ether oxygens (including phenoxy) is 2. The van der Waals surface area contributed by atoms with Crippen molar-refractivity contribution in [2.24, 2.45) is 9.98 Å². The molecular formula is C17H24N4O3. The average Bonchev–Trinajstić information content (AvgIpc) is 2.61. The number of esters is 1. The Kier molecular flexibility index (Phi) is 7.22. The molecule has 0 spiro atoms. The Labute approximate surface area is 142 Å². The lowest BCUT2D eigenvalue weighted by atomic mass is 10.3. The molecule has 0 bridgehead atoms. The first-order chi connectivity index (χ1) is 11.7. The molecule has 1 aromatic rings. The summed E-state index contributed by atoms with van der Waals surface area (Å²) in [6.45, 7) is 6.70. The largest absolute Gasteiger partial charge is 0.465 e. The van der Waals surface area contributed by atoms with Gasteiger partial charge in [0, 0.05) is 18.8 Å². The van der Waals surface area contributed by atoms with Crippen molar-refractivity contribution in [2.45, 2.75) is 13.8 Å². The van der Waals surface area contributed by atoms with Crippen LogP contribution in [-0.4, -0.2) is 62.1 Å². The van der Waals surface area contributed by atoms with Crippen LogP contribution in [0.2, 0.25) is 0 Å². The van der Waals surface area contributed by atoms with Gasteiger partial charge < -0.3 is 19.7 Å². The molecule has 1 heterocycles. The molecule has 1 aliphatic heterocycles. The van der Waals surface area contributed by atoms with Crippen LogP contribution in [0.15, 0.2) is 40.3 Å². The van der Waals surface area contributed by atoms with Gasteiger partial charge in [-0.1, -0.05) is 18.2 Å². The second kappa shape index (κ2) is 9.67. The van der Waals surface area contributed by atoms with Gasteiger partial charge in [0.2, 0.25) is 5.96 Å². The number of carbonyl (C=O) groups is 1. The molecule has 0 aliphatic carbocycles. The molecule has 7 nitrogen and oxygen atoms in total. The van der Waals surface area contributed by atoms with Gasteiger partial charge in [0.05, 0.1) is 19.8 Å². The summed E-state index contributed by atoms with van der Waals surface area (Å²) in [5.41, 5.74) is 0.945. The minimum atomic E-state index is -0.351. The fraction of sp³-hybridized carbons (Fsp3) is 0.471. The van der Waals surface area contributed by atoms with Crippen LogP contribution < -0.4 is 5.32 Å². The lowest BCUT2D eigenvalue weighted by Gasteiger charge is -2.30. The Hall–Kier alpha value is -2.41. The van der Waals surface area contributed by atoms with Gasteiger partial charge >= 0.3 is 5.97 Å². The lowest BCUT2D eigenvalue weighted by molar-refractivity contribution is -0.141. The molecule has 7 heteroatoms. The summed E-state index contributed by atoms with van der Waals surface area (Å²) in [6, 6.07) is 9.83. The second-order valence-electron chi connectivity index (χ2n) is 5.19. The Balaban J connectivity index is 2.11. The van der Waals surface area contributed by atoms with E-state index in [1.807, 2.05) is 30.3 Å². The van der Waals surface area contributed by atoms with E-state index in [-0.39, 0.29) is 12.5 Å². The van der Waals surface area contributed by atoms with Gasteiger partial charge in [0.1, 0.15) is 12.4 Å². The van der Waals surface area contributed by atoms with E-state index in [0.717, 1.165) is 18.8 Å². The molecule has 130 valence electrons. The maximum Gasteiger partial charge on any atom is 0.327 e. The van der Waals surface area contributed by atoms with E-state index in [2.05, 4.69) is 20.2 Å². The molecule has 2 rings (SSSR count). The molecular weight excluding hydrogens is 308 g/mol. The standard InChI is InChI=1S/C17H24N4O3/c1-3-24-16(22)13-18-14(2)19-17(21-9-11-23-12-10-21)20-15-7-5-4-6-8-15/h4-8H,3,9-13H2,1-2H3,(H,18,19,20). The van der Waals surface area contributed by atoms with Crippen LogP contribution >= 0.6 is 0 Å². The highest BCUT2D eigenvalue weighted by Crippen LogP contribution is 2.08. The van der Waals surface area contributed by atoms with Crippen molar-refractivity contribution in [1.29, 1.82) is 0 Å². The third-order valence-corrected chi connectivity index (χ3v) is 3.35. The molecule has 0 amide bonds. The monoisotopic (exact) mass is 332 g/mol. The number of anilines is 1. The maximum absolute atomic E-state index is 11.4. The van der Waals surface area contributed by atoms with Crippen molar-refractivity contribution in [3.8, 4) is 0 Å². The van der Waals surface area contributed by atoms with E-state index in [1.165, 1.54) is 0 Å². The Morgan fingerprint density at radius 2 is 2.00 bits per heavy atom. The molecule has 1 saturated heterocycles. The summed E-state index contributed by atoms with van der Waals surface area (Å²) in [4.78, 5) is 22.2. The van der Waals surface area contributed by atoms with Gasteiger partial charge in [0.15, 0.2) is 0 Å². The summed E-state index contributed by atoms with van der Waals surface area (Å²) in [5.74, 6) is 0.874. The first kappa shape index (κ1) is 17.9. The van der Waals surface area contributed by atoms with Crippen molar-refractivity contribution >= 4 is 23.5 Å². The first-order valence-electron chi connectivity index (χ1n) is 8.09. The third kappa shape index (κ3) is 6.00. The molecule has 0 radical (unpaired) electrons. The molecule has 1 fully saturated rings. The first-order valence-corrected chi connectivity index (χ1v) is 8.09. The summed E-state index contributed by atoms with van der Waals surface area (Å²) in [5, 5.41) is 3.32. The van der Waals surface area contributed by atoms with Gasteiger partial charge in [-0.25, -0.2) is 4.99 Å². The summed E-state index contributed by atoms with van der Waals surface area (Å²) < 4.78 is 10.3. The Morgan fingerprint density at radius 1 is 1.29 bits per heavy atom. The maximum atomic E-state index is 11.4. The predicted octanol–water partition coefficient (Wildman–Crippen LogP) is 1.77. The number of rotatable bonds is 4. The molecule has 1 N–H and O–H groups in total. The second-order valence-corrected chi connectivity index (χ2v) is 5.19. The van der Waals surface area contributed by atoms with E-state index in [0.29, 0.717) is 31.6 Å². The van der Waals surface area contributed by atoms with Crippen LogP contribution in [0.5, 0.6) is 0 Å². The smallest absolute Gasteiger partial charge is 0.327 e. The van der Waals surface area contributed by atoms with E-state index < -0.39 is 0 Å². The average molecular weight is 332 g/mol. The van der Waals surface area contributed by atoms with E-state index in [9.17, 15) is 4.79 Å². The lowest BCUT2D eigenvalue weighted by Crippen LogP contribution is -2.44. The van der Waals surface area contributed by atoms with Crippen LogP contribution in [-0.2, 0) is 14.3 Å². The van der Waals surface area contributed by atoms with Crippen LogP contribution in [0, 0.1) is 0 Å². The van der Waals surface area contributed by atoms with Gasteiger partial charge in [-0.15, -0.1) is 0 Å². The summed E-state index contributed by atoms with van der Waals surface area (Å²) >= 11 is 0. The predicted molar refractivity (Wildman–Crippen MR) is 94.5 cm³/mol. The van der Waals surface area contributed by atoms with Gasteiger partial charge in [0.25, 0.3) is 0 Å². The van der Waals surface area contributed by atoms with E-state index >= 15 is 0 Å². The van der Waals surface area contributed by atoms with Crippen molar-refractivity contribution in [3.05, 3.63) is 30.3 Å². The number of hydrogen-bond donors (Lipinski definition) is 1. The highest BCUT2D eigenvalue weighted by Gasteiger charge is 2.15. The van der Waals surface area contributed by atoms with Crippen LogP contribution in [0.1, 0.15) is 13.8 Å². The minimum absolute atomic E-state index is 0.0229. The molecule has 1 aromatic carbocycles. The van der Waals surface area contributed by atoms with Gasteiger partial charge in [-0.05, 0) is 26.0 Å². The number of carbonyl (C=O) groups excluding carboxylic acids is 1.